The van der Waals surface area contributed by atoms with Gasteiger partial charge < -0.3 is 4.57 Å². The lowest BCUT2D eigenvalue weighted by Gasteiger charge is -2.34. The maximum absolute atomic E-state index is 13.0. The summed E-state index contributed by atoms with van der Waals surface area (Å²) >= 11 is 0. The van der Waals surface area contributed by atoms with Gasteiger partial charge in [-0.1, -0.05) is 25.5 Å². The first-order chi connectivity index (χ1) is 15.2. The van der Waals surface area contributed by atoms with Crippen LogP contribution in [0, 0.1) is 0 Å². The standard InChI is InChI=1S/C21H28N6O4S/c1-4-5-16-6-8-17(9-7-16)32(30,31)27-12-10-25(11-13-27)15-26-14-22-18-19(26)23(2)21(29)24(3)20(18)28/h6-9,14H,4-5,10-13,15H2,1-3H3. The molecule has 0 saturated carbocycles. The van der Waals surface area contributed by atoms with Crippen LogP contribution in [0.15, 0.2) is 45.1 Å². The van der Waals surface area contributed by atoms with Crippen LogP contribution in [0.25, 0.3) is 11.2 Å². The van der Waals surface area contributed by atoms with Crippen LogP contribution in [-0.4, -0.2) is 62.5 Å². The van der Waals surface area contributed by atoms with E-state index in [4.69, 9.17) is 0 Å². The molecule has 32 heavy (non-hydrogen) atoms. The average Bonchev–Trinajstić information content (AvgIpc) is 3.21. The SMILES string of the molecule is CCCc1ccc(S(=O)(=O)N2CCN(Cn3cnc4c(=O)n(C)c(=O)n(C)c43)CC2)cc1. The van der Waals surface area contributed by atoms with Gasteiger partial charge in [-0.05, 0) is 24.1 Å². The minimum atomic E-state index is -3.54. The summed E-state index contributed by atoms with van der Waals surface area (Å²) in [5.41, 5.74) is 0.989. The zero-order valence-corrected chi connectivity index (χ0v) is 19.4. The van der Waals surface area contributed by atoms with E-state index in [1.807, 2.05) is 12.1 Å². The molecule has 2 aromatic heterocycles. The second kappa shape index (κ2) is 8.64. The van der Waals surface area contributed by atoms with Crippen molar-refractivity contribution in [1.82, 2.24) is 27.9 Å². The van der Waals surface area contributed by atoms with Crippen LogP contribution in [0.4, 0.5) is 0 Å². The van der Waals surface area contributed by atoms with Crippen LogP contribution in [0.1, 0.15) is 18.9 Å². The summed E-state index contributed by atoms with van der Waals surface area (Å²) in [5, 5.41) is 0. The Morgan fingerprint density at radius 1 is 0.969 bits per heavy atom. The van der Waals surface area contributed by atoms with Crippen molar-refractivity contribution in [3.63, 3.8) is 0 Å². The Hall–Kier alpha value is -2.76. The van der Waals surface area contributed by atoms with Crippen LogP contribution in [0.5, 0.6) is 0 Å². The minimum absolute atomic E-state index is 0.238. The highest BCUT2D eigenvalue weighted by Crippen LogP contribution is 2.19. The first-order valence-corrected chi connectivity index (χ1v) is 12.1. The Balaban J connectivity index is 1.48. The van der Waals surface area contributed by atoms with Crippen molar-refractivity contribution in [3.8, 4) is 0 Å². The number of aryl methyl sites for hydroxylation is 2. The summed E-state index contributed by atoms with van der Waals surface area (Å²) in [6, 6.07) is 7.13. The van der Waals surface area contributed by atoms with E-state index in [1.54, 1.807) is 30.1 Å². The molecule has 0 bridgehead atoms. The van der Waals surface area contributed by atoms with Gasteiger partial charge in [0, 0.05) is 40.3 Å². The molecule has 0 atom stereocenters. The third kappa shape index (κ3) is 3.91. The zero-order chi connectivity index (χ0) is 23.0. The van der Waals surface area contributed by atoms with E-state index < -0.39 is 21.3 Å². The number of nitrogens with zero attached hydrogens (tertiary/aromatic N) is 6. The van der Waals surface area contributed by atoms with Crippen molar-refractivity contribution in [1.29, 1.82) is 0 Å². The molecule has 3 heterocycles. The molecule has 1 aromatic carbocycles. The van der Waals surface area contributed by atoms with Gasteiger partial charge in [0.2, 0.25) is 10.0 Å². The number of sulfonamides is 1. The third-order valence-corrected chi connectivity index (χ3v) is 7.91. The monoisotopic (exact) mass is 460 g/mol. The lowest BCUT2D eigenvalue weighted by molar-refractivity contribution is 0.153. The molecule has 0 aliphatic carbocycles. The van der Waals surface area contributed by atoms with Crippen molar-refractivity contribution in [2.75, 3.05) is 26.2 Å². The fourth-order valence-electron chi connectivity index (χ4n) is 4.14. The molecule has 172 valence electrons. The van der Waals surface area contributed by atoms with Crippen LogP contribution in [0.3, 0.4) is 0 Å². The molecule has 1 aliphatic heterocycles. The largest absolute Gasteiger partial charge is 0.332 e. The van der Waals surface area contributed by atoms with Crippen molar-refractivity contribution in [3.05, 3.63) is 57.0 Å². The van der Waals surface area contributed by atoms with Crippen molar-refractivity contribution in [2.24, 2.45) is 14.1 Å². The fourth-order valence-corrected chi connectivity index (χ4v) is 5.56. The second-order valence-electron chi connectivity index (χ2n) is 8.15. The number of piperazine rings is 1. The van der Waals surface area contributed by atoms with Crippen molar-refractivity contribution in [2.45, 2.75) is 31.3 Å². The van der Waals surface area contributed by atoms with Gasteiger partial charge >= 0.3 is 5.69 Å². The molecule has 0 radical (unpaired) electrons. The molecule has 0 spiro atoms. The summed E-state index contributed by atoms with van der Waals surface area (Å²) in [7, 11) is -0.498. The van der Waals surface area contributed by atoms with E-state index in [-0.39, 0.29) is 5.52 Å². The molecule has 1 saturated heterocycles. The zero-order valence-electron chi connectivity index (χ0n) is 18.6. The lowest BCUT2D eigenvalue weighted by Crippen LogP contribution is -2.48. The van der Waals surface area contributed by atoms with Gasteiger partial charge in [-0.2, -0.15) is 4.31 Å². The highest BCUT2D eigenvalue weighted by molar-refractivity contribution is 7.89. The van der Waals surface area contributed by atoms with E-state index in [2.05, 4.69) is 16.8 Å². The van der Waals surface area contributed by atoms with Crippen LogP contribution < -0.4 is 11.2 Å². The van der Waals surface area contributed by atoms with Crippen LogP contribution in [0.2, 0.25) is 0 Å². The molecule has 1 fully saturated rings. The lowest BCUT2D eigenvalue weighted by atomic mass is 10.1. The Morgan fingerprint density at radius 2 is 1.62 bits per heavy atom. The summed E-state index contributed by atoms with van der Waals surface area (Å²) in [6.45, 7) is 4.31. The number of imidazole rings is 1. The molecule has 3 aromatic rings. The number of benzene rings is 1. The van der Waals surface area contributed by atoms with Crippen molar-refractivity contribution >= 4 is 21.2 Å². The van der Waals surface area contributed by atoms with E-state index in [0.717, 1.165) is 23.0 Å². The van der Waals surface area contributed by atoms with Gasteiger partial charge in [-0.25, -0.2) is 18.2 Å². The van der Waals surface area contributed by atoms with Gasteiger partial charge in [0.15, 0.2) is 11.2 Å². The first kappa shape index (κ1) is 22.4. The average molecular weight is 461 g/mol. The molecule has 0 unspecified atom stereocenters. The number of rotatable bonds is 6. The summed E-state index contributed by atoms with van der Waals surface area (Å²) < 4.78 is 31.8. The van der Waals surface area contributed by atoms with Gasteiger partial charge in [-0.3, -0.25) is 18.8 Å². The Kier molecular flexibility index (Phi) is 6.06. The molecule has 0 N–H and O–H groups in total. The minimum Gasteiger partial charge on any atom is -0.303 e. The molecular weight excluding hydrogens is 432 g/mol. The third-order valence-electron chi connectivity index (χ3n) is 5.99. The van der Waals surface area contributed by atoms with Crippen LogP contribution in [-0.2, 0) is 37.2 Å². The highest BCUT2D eigenvalue weighted by atomic mass is 32.2. The van der Waals surface area contributed by atoms with Gasteiger partial charge in [0.1, 0.15) is 0 Å². The molecular formula is C21H28N6O4S. The Labute approximate surface area is 186 Å². The predicted molar refractivity (Wildman–Crippen MR) is 121 cm³/mol. The van der Waals surface area contributed by atoms with E-state index >= 15 is 0 Å². The van der Waals surface area contributed by atoms with Crippen LogP contribution >= 0.6 is 0 Å². The predicted octanol–water partition coefficient (Wildman–Crippen LogP) is 0.350. The molecule has 0 amide bonds. The summed E-state index contributed by atoms with van der Waals surface area (Å²) in [6.07, 6.45) is 3.50. The van der Waals surface area contributed by atoms with E-state index in [1.165, 1.54) is 15.9 Å². The fraction of sp³-hybridized carbons (Fsp3) is 0.476. The van der Waals surface area contributed by atoms with E-state index in [9.17, 15) is 18.0 Å². The number of hydrogen-bond acceptors (Lipinski definition) is 6. The molecule has 10 nitrogen and oxygen atoms in total. The summed E-state index contributed by atoms with van der Waals surface area (Å²) in [5.74, 6) is 0. The molecule has 1 aliphatic rings. The Bertz CT molecular complexity index is 1350. The number of fused-ring (bicyclic) bond motifs is 1. The topological polar surface area (TPSA) is 102 Å². The number of aromatic nitrogens is 4. The van der Waals surface area contributed by atoms with Gasteiger partial charge in [0.25, 0.3) is 5.56 Å². The smallest absolute Gasteiger partial charge is 0.303 e. The Morgan fingerprint density at radius 3 is 2.25 bits per heavy atom. The quantitative estimate of drug-likeness (QED) is 0.526. The maximum Gasteiger partial charge on any atom is 0.332 e. The molecule has 11 heteroatoms. The number of hydrogen-bond donors (Lipinski definition) is 0. The highest BCUT2D eigenvalue weighted by Gasteiger charge is 2.29. The normalized spacial score (nSPS) is 16.1. The van der Waals surface area contributed by atoms with Gasteiger partial charge in [-0.15, -0.1) is 0 Å². The van der Waals surface area contributed by atoms with Gasteiger partial charge in [0.05, 0.1) is 17.9 Å². The van der Waals surface area contributed by atoms with Crippen molar-refractivity contribution < 1.29 is 8.42 Å². The maximum atomic E-state index is 13.0. The summed E-state index contributed by atoms with van der Waals surface area (Å²) in [4.78, 5) is 31.2. The molecule has 4 rings (SSSR count). The van der Waals surface area contributed by atoms with E-state index in [0.29, 0.717) is 43.4 Å². The first-order valence-electron chi connectivity index (χ1n) is 10.7. The second-order valence-corrected chi connectivity index (χ2v) is 10.1.